The lowest BCUT2D eigenvalue weighted by atomic mass is 9.89. The van der Waals surface area contributed by atoms with Gasteiger partial charge >= 0.3 is 0 Å². The van der Waals surface area contributed by atoms with Gasteiger partial charge in [0.05, 0.1) is 6.04 Å². The van der Waals surface area contributed by atoms with E-state index in [9.17, 15) is 4.79 Å². The highest BCUT2D eigenvalue weighted by Crippen LogP contribution is 2.34. The fourth-order valence-electron chi connectivity index (χ4n) is 3.69. The van der Waals surface area contributed by atoms with Crippen molar-refractivity contribution in [3.8, 4) is 11.5 Å². The number of benzene rings is 1. The fraction of sp³-hybridized carbons (Fsp3) is 0.650. The number of fused-ring (bicyclic) bond motifs is 1. The largest absolute Gasteiger partial charge is 0.486 e. The monoisotopic (exact) mass is 346 g/mol. The van der Waals surface area contributed by atoms with Crippen LogP contribution in [0.3, 0.4) is 0 Å². The van der Waals surface area contributed by atoms with E-state index in [-0.39, 0.29) is 17.9 Å². The quantitative estimate of drug-likeness (QED) is 0.910. The van der Waals surface area contributed by atoms with Crippen LogP contribution in [0.4, 0.5) is 0 Å². The Morgan fingerprint density at radius 1 is 1.24 bits per heavy atom. The van der Waals surface area contributed by atoms with Crippen molar-refractivity contribution in [3.63, 3.8) is 0 Å². The molecule has 5 heteroatoms. The Bertz CT molecular complexity index is 617. The second-order valence-corrected chi connectivity index (χ2v) is 7.68. The van der Waals surface area contributed by atoms with Gasteiger partial charge in [-0.25, -0.2) is 0 Å². The molecular weight excluding hydrogens is 316 g/mol. The summed E-state index contributed by atoms with van der Waals surface area (Å²) in [5.74, 6) is 2.14. The zero-order chi connectivity index (χ0) is 18.0. The molecule has 2 aliphatic heterocycles. The lowest BCUT2D eigenvalue weighted by Gasteiger charge is -2.35. The highest BCUT2D eigenvalue weighted by Gasteiger charge is 2.30. The van der Waals surface area contributed by atoms with Gasteiger partial charge < -0.3 is 19.7 Å². The number of carbonyl (C=O) groups excluding carboxylic acids is 1. The molecule has 0 aromatic heterocycles. The van der Waals surface area contributed by atoms with Gasteiger partial charge in [0.2, 0.25) is 5.91 Å². The lowest BCUT2D eigenvalue weighted by molar-refractivity contribution is -0.128. The first-order valence-electron chi connectivity index (χ1n) is 9.36. The first kappa shape index (κ1) is 18.1. The van der Waals surface area contributed by atoms with Crippen molar-refractivity contribution in [1.82, 2.24) is 10.2 Å². The Labute approximate surface area is 150 Å². The average molecular weight is 346 g/mol. The van der Waals surface area contributed by atoms with Crippen LogP contribution in [0.15, 0.2) is 18.2 Å². The topological polar surface area (TPSA) is 50.8 Å². The number of rotatable bonds is 4. The molecule has 0 bridgehead atoms. The maximum absolute atomic E-state index is 12.8. The highest BCUT2D eigenvalue weighted by atomic mass is 16.6. The fourth-order valence-corrected chi connectivity index (χ4v) is 3.69. The average Bonchev–Trinajstić information content (AvgIpc) is 2.61. The number of nitrogens with zero attached hydrogens (tertiary/aromatic N) is 1. The van der Waals surface area contributed by atoms with Crippen LogP contribution in [0.5, 0.6) is 11.5 Å². The minimum atomic E-state index is -0.0155. The van der Waals surface area contributed by atoms with Crippen molar-refractivity contribution in [2.75, 3.05) is 26.8 Å². The van der Waals surface area contributed by atoms with E-state index in [2.05, 4.69) is 38.0 Å². The van der Waals surface area contributed by atoms with Crippen LogP contribution in [-0.2, 0) is 4.79 Å². The molecule has 0 saturated carbocycles. The molecule has 25 heavy (non-hydrogen) atoms. The number of nitrogens with one attached hydrogen (secondary N) is 1. The van der Waals surface area contributed by atoms with Crippen molar-refractivity contribution < 1.29 is 14.3 Å². The lowest BCUT2D eigenvalue weighted by Crippen LogP contribution is -2.44. The van der Waals surface area contributed by atoms with Gasteiger partial charge in [-0.2, -0.15) is 0 Å². The summed E-state index contributed by atoms with van der Waals surface area (Å²) in [6.07, 6.45) is 1.85. The molecule has 0 aliphatic carbocycles. The molecule has 1 aromatic rings. The third kappa shape index (κ3) is 4.09. The summed E-state index contributed by atoms with van der Waals surface area (Å²) in [4.78, 5) is 15.2. The summed E-state index contributed by atoms with van der Waals surface area (Å²) in [6, 6.07) is 6.43. The molecule has 3 rings (SSSR count). The number of hydrogen-bond acceptors (Lipinski definition) is 4. The predicted octanol–water partition coefficient (Wildman–Crippen LogP) is 3.00. The molecule has 138 valence electrons. The third-order valence-electron chi connectivity index (χ3n) is 5.47. The molecule has 1 N–H and O–H groups in total. The molecule has 0 spiro atoms. The van der Waals surface area contributed by atoms with E-state index in [4.69, 9.17) is 9.47 Å². The summed E-state index contributed by atoms with van der Waals surface area (Å²) in [7, 11) is 2.13. The Hall–Kier alpha value is -1.75. The molecule has 1 saturated heterocycles. The van der Waals surface area contributed by atoms with E-state index in [0.29, 0.717) is 25.2 Å². The zero-order valence-electron chi connectivity index (χ0n) is 15.7. The Balaban J connectivity index is 1.72. The van der Waals surface area contributed by atoms with Crippen LogP contribution in [0.1, 0.15) is 45.2 Å². The second-order valence-electron chi connectivity index (χ2n) is 7.68. The first-order valence-corrected chi connectivity index (χ1v) is 9.36. The summed E-state index contributed by atoms with van der Waals surface area (Å²) in [5.41, 5.74) is 1.08. The van der Waals surface area contributed by atoms with Gasteiger partial charge in [0.25, 0.3) is 0 Å². The Morgan fingerprint density at radius 3 is 2.64 bits per heavy atom. The Kier molecular flexibility index (Phi) is 5.52. The second kappa shape index (κ2) is 7.65. The molecule has 1 amide bonds. The number of ether oxygens (including phenoxy) is 2. The van der Waals surface area contributed by atoms with Crippen LogP contribution in [0, 0.1) is 11.8 Å². The summed E-state index contributed by atoms with van der Waals surface area (Å²) in [6.45, 7) is 8.61. The van der Waals surface area contributed by atoms with Crippen LogP contribution in [0.2, 0.25) is 0 Å². The standard InChI is InChI=1S/C20H30N2O3/c1-13(2)19(15-5-6-17-18(12-15)25-10-9-24-17)21-20(23)16-7-8-22(4)14(3)11-16/h5-6,12-14,16,19H,7-11H2,1-4H3,(H,21,23)/t14-,16-,19?/m0/s1. The molecular formula is C20H30N2O3. The maximum atomic E-state index is 12.8. The third-order valence-corrected chi connectivity index (χ3v) is 5.47. The van der Waals surface area contributed by atoms with Gasteiger partial charge in [0.15, 0.2) is 11.5 Å². The number of hydrogen-bond donors (Lipinski definition) is 1. The maximum Gasteiger partial charge on any atom is 0.223 e. The molecule has 1 unspecified atom stereocenters. The predicted molar refractivity (Wildman–Crippen MR) is 98.0 cm³/mol. The summed E-state index contributed by atoms with van der Waals surface area (Å²) in [5, 5.41) is 3.29. The first-order chi connectivity index (χ1) is 12.0. The minimum Gasteiger partial charge on any atom is -0.486 e. The summed E-state index contributed by atoms with van der Waals surface area (Å²) >= 11 is 0. The van der Waals surface area contributed by atoms with Crippen molar-refractivity contribution in [2.24, 2.45) is 11.8 Å². The highest BCUT2D eigenvalue weighted by molar-refractivity contribution is 5.79. The van der Waals surface area contributed by atoms with Crippen LogP contribution >= 0.6 is 0 Å². The number of piperidine rings is 1. The van der Waals surface area contributed by atoms with Crippen LogP contribution in [-0.4, -0.2) is 43.7 Å². The molecule has 5 nitrogen and oxygen atoms in total. The van der Waals surface area contributed by atoms with E-state index in [1.54, 1.807) is 0 Å². The van der Waals surface area contributed by atoms with Gasteiger partial charge in [-0.1, -0.05) is 19.9 Å². The van der Waals surface area contributed by atoms with Gasteiger partial charge in [-0.3, -0.25) is 4.79 Å². The smallest absolute Gasteiger partial charge is 0.223 e. The molecule has 1 aromatic carbocycles. The molecule has 3 atom stereocenters. The van der Waals surface area contributed by atoms with Crippen molar-refractivity contribution in [2.45, 2.75) is 45.7 Å². The molecule has 1 fully saturated rings. The van der Waals surface area contributed by atoms with Gasteiger partial charge in [-0.15, -0.1) is 0 Å². The van der Waals surface area contributed by atoms with Gasteiger partial charge in [-0.05, 0) is 57.0 Å². The Morgan fingerprint density at radius 2 is 1.96 bits per heavy atom. The van der Waals surface area contributed by atoms with Crippen LogP contribution < -0.4 is 14.8 Å². The molecule has 0 radical (unpaired) electrons. The minimum absolute atomic E-state index is 0.0155. The van der Waals surface area contributed by atoms with E-state index in [1.165, 1.54) is 0 Å². The summed E-state index contributed by atoms with van der Waals surface area (Å²) < 4.78 is 11.3. The van der Waals surface area contributed by atoms with E-state index < -0.39 is 0 Å². The number of likely N-dealkylation sites (tertiary alicyclic amines) is 1. The van der Waals surface area contributed by atoms with Crippen molar-refractivity contribution in [1.29, 1.82) is 0 Å². The van der Waals surface area contributed by atoms with Gasteiger partial charge in [0.1, 0.15) is 13.2 Å². The molecule has 2 aliphatic rings. The molecule has 2 heterocycles. The SMILES string of the molecule is CC(C)C(NC(=O)[C@H]1CCN(C)[C@@H](C)C1)c1ccc2c(c1)OCCO2. The number of carbonyl (C=O) groups is 1. The van der Waals surface area contributed by atoms with Gasteiger partial charge in [0, 0.05) is 12.0 Å². The van der Waals surface area contributed by atoms with E-state index in [1.807, 2.05) is 18.2 Å². The number of amides is 1. The van der Waals surface area contributed by atoms with Crippen LogP contribution in [0.25, 0.3) is 0 Å². The van der Waals surface area contributed by atoms with Crippen molar-refractivity contribution in [3.05, 3.63) is 23.8 Å². The zero-order valence-corrected chi connectivity index (χ0v) is 15.7. The van der Waals surface area contributed by atoms with Crippen molar-refractivity contribution >= 4 is 5.91 Å². The van der Waals surface area contributed by atoms with E-state index >= 15 is 0 Å². The normalized spacial score (nSPS) is 24.8. The van der Waals surface area contributed by atoms with E-state index in [0.717, 1.165) is 36.4 Å².